The number of carbonyl (C=O) groups is 1. The van der Waals surface area contributed by atoms with Gasteiger partial charge in [-0.15, -0.1) is 0 Å². The number of unbranched alkanes of at least 4 members (excludes halogenated alkanes) is 1. The summed E-state index contributed by atoms with van der Waals surface area (Å²) in [4.78, 5) is 19.1. The molecule has 1 N–H and O–H groups in total. The molecule has 2 aliphatic rings. The number of carbonyl (C=O) groups excluding carboxylic acids is 1. The van der Waals surface area contributed by atoms with Crippen LogP contribution in [0.2, 0.25) is 5.02 Å². The Hall–Kier alpha value is -1.46. The molecule has 1 aromatic carbocycles. The van der Waals surface area contributed by atoms with E-state index in [-0.39, 0.29) is 6.03 Å². The first-order chi connectivity index (χ1) is 13.1. The third kappa shape index (κ3) is 6.01. The van der Waals surface area contributed by atoms with E-state index in [1.165, 1.54) is 32.5 Å². The minimum absolute atomic E-state index is 0.0700. The molecule has 2 heterocycles. The predicted molar refractivity (Wildman–Crippen MR) is 113 cm³/mol. The second-order valence-electron chi connectivity index (χ2n) is 7.89. The standard InChI is InChI=1S/C21H33ClN4O/c1-18-8-12-24(13-9-18)11-5-4-10-23-21(27)26-16-14-25(15-17-26)20-7-3-2-6-19(20)22/h2-3,6-7,18H,4-5,8-17H2,1H3,(H,23,27). The van der Waals surface area contributed by atoms with E-state index in [0.717, 1.165) is 62.2 Å². The highest BCUT2D eigenvalue weighted by Crippen LogP contribution is 2.26. The maximum absolute atomic E-state index is 12.4. The summed E-state index contributed by atoms with van der Waals surface area (Å²) >= 11 is 6.28. The number of hydrogen-bond acceptors (Lipinski definition) is 3. The normalized spacial score (nSPS) is 19.3. The van der Waals surface area contributed by atoms with Crippen molar-refractivity contribution in [2.45, 2.75) is 32.6 Å². The maximum atomic E-state index is 12.4. The van der Waals surface area contributed by atoms with Crippen LogP contribution in [0.3, 0.4) is 0 Å². The second kappa shape index (κ2) is 10.2. The van der Waals surface area contributed by atoms with E-state index in [4.69, 9.17) is 11.6 Å². The van der Waals surface area contributed by atoms with Crippen LogP contribution in [0.4, 0.5) is 10.5 Å². The van der Waals surface area contributed by atoms with Gasteiger partial charge in [0.1, 0.15) is 0 Å². The van der Waals surface area contributed by atoms with Crippen LogP contribution < -0.4 is 10.2 Å². The van der Waals surface area contributed by atoms with Crippen molar-refractivity contribution in [3.05, 3.63) is 29.3 Å². The number of nitrogens with one attached hydrogen (secondary N) is 1. The highest BCUT2D eigenvalue weighted by Gasteiger charge is 2.22. The Morgan fingerprint density at radius 3 is 2.48 bits per heavy atom. The Morgan fingerprint density at radius 1 is 1.07 bits per heavy atom. The molecule has 0 atom stereocenters. The van der Waals surface area contributed by atoms with Crippen LogP contribution in [-0.2, 0) is 0 Å². The fourth-order valence-corrected chi connectivity index (χ4v) is 4.17. The molecule has 2 aliphatic heterocycles. The van der Waals surface area contributed by atoms with Gasteiger partial charge in [-0.25, -0.2) is 4.79 Å². The molecule has 2 saturated heterocycles. The van der Waals surface area contributed by atoms with E-state index in [1.807, 2.05) is 29.2 Å². The van der Waals surface area contributed by atoms with Gasteiger partial charge in [0, 0.05) is 32.7 Å². The van der Waals surface area contributed by atoms with Crippen LogP contribution in [-0.4, -0.2) is 68.2 Å². The molecular weight excluding hydrogens is 360 g/mol. The number of piperazine rings is 1. The fourth-order valence-electron chi connectivity index (χ4n) is 3.91. The summed E-state index contributed by atoms with van der Waals surface area (Å²) in [6.07, 6.45) is 4.88. The Morgan fingerprint density at radius 2 is 1.78 bits per heavy atom. The molecular formula is C21H33ClN4O. The summed E-state index contributed by atoms with van der Waals surface area (Å²) in [7, 11) is 0. The minimum Gasteiger partial charge on any atom is -0.367 e. The topological polar surface area (TPSA) is 38.8 Å². The number of nitrogens with zero attached hydrogens (tertiary/aromatic N) is 3. The van der Waals surface area contributed by atoms with Gasteiger partial charge in [0.25, 0.3) is 0 Å². The van der Waals surface area contributed by atoms with Crippen molar-refractivity contribution >= 4 is 23.3 Å². The molecule has 0 aliphatic carbocycles. The second-order valence-corrected chi connectivity index (χ2v) is 8.30. The van der Waals surface area contributed by atoms with Crippen LogP contribution in [0.15, 0.2) is 24.3 Å². The van der Waals surface area contributed by atoms with Crippen molar-refractivity contribution in [3.63, 3.8) is 0 Å². The zero-order valence-corrected chi connectivity index (χ0v) is 17.3. The number of halogens is 1. The Kier molecular flexibility index (Phi) is 7.65. The summed E-state index contributed by atoms with van der Waals surface area (Å²) in [5.74, 6) is 0.888. The van der Waals surface area contributed by atoms with E-state index in [0.29, 0.717) is 0 Å². The molecule has 2 fully saturated rings. The van der Waals surface area contributed by atoms with E-state index >= 15 is 0 Å². The van der Waals surface area contributed by atoms with Crippen molar-refractivity contribution in [2.75, 3.05) is 57.3 Å². The van der Waals surface area contributed by atoms with Crippen LogP contribution in [0.5, 0.6) is 0 Å². The number of hydrogen-bond donors (Lipinski definition) is 1. The quantitative estimate of drug-likeness (QED) is 0.750. The van der Waals surface area contributed by atoms with Gasteiger partial charge in [0.2, 0.25) is 0 Å². The number of amides is 2. The SMILES string of the molecule is CC1CCN(CCCCNC(=O)N2CCN(c3ccccc3Cl)CC2)CC1. The highest BCUT2D eigenvalue weighted by molar-refractivity contribution is 6.33. The molecule has 0 saturated carbocycles. The number of likely N-dealkylation sites (tertiary alicyclic amines) is 1. The largest absolute Gasteiger partial charge is 0.367 e. The molecule has 6 heteroatoms. The number of anilines is 1. The van der Waals surface area contributed by atoms with Gasteiger partial charge in [-0.05, 0) is 63.4 Å². The Bertz CT molecular complexity index is 596. The van der Waals surface area contributed by atoms with E-state index in [9.17, 15) is 4.79 Å². The zero-order valence-electron chi connectivity index (χ0n) is 16.5. The first-order valence-corrected chi connectivity index (χ1v) is 10.8. The molecule has 1 aromatic rings. The monoisotopic (exact) mass is 392 g/mol. The van der Waals surface area contributed by atoms with Gasteiger partial charge in [-0.2, -0.15) is 0 Å². The average Bonchev–Trinajstić information content (AvgIpc) is 2.69. The summed E-state index contributed by atoms with van der Waals surface area (Å²) in [5, 5.41) is 3.86. The molecule has 0 spiro atoms. The predicted octanol–water partition coefficient (Wildman–Crippen LogP) is 3.68. The molecule has 0 aromatic heterocycles. The third-order valence-corrected chi connectivity index (χ3v) is 6.13. The average molecular weight is 393 g/mol. The third-order valence-electron chi connectivity index (χ3n) is 5.81. The van der Waals surface area contributed by atoms with Crippen molar-refractivity contribution in [3.8, 4) is 0 Å². The lowest BCUT2D eigenvalue weighted by Gasteiger charge is -2.36. The maximum Gasteiger partial charge on any atom is 0.317 e. The number of para-hydroxylation sites is 1. The Labute approximate surface area is 168 Å². The van der Waals surface area contributed by atoms with Crippen molar-refractivity contribution in [1.29, 1.82) is 0 Å². The lowest BCUT2D eigenvalue weighted by molar-refractivity contribution is 0.186. The van der Waals surface area contributed by atoms with Crippen LogP contribution in [0.25, 0.3) is 0 Å². The number of rotatable bonds is 6. The van der Waals surface area contributed by atoms with Crippen molar-refractivity contribution < 1.29 is 4.79 Å². The summed E-state index contributed by atoms with van der Waals surface area (Å²) in [6.45, 7) is 9.89. The van der Waals surface area contributed by atoms with Crippen LogP contribution in [0.1, 0.15) is 32.6 Å². The molecule has 150 valence electrons. The van der Waals surface area contributed by atoms with Gasteiger partial charge in [-0.1, -0.05) is 30.7 Å². The van der Waals surface area contributed by atoms with Crippen molar-refractivity contribution in [1.82, 2.24) is 15.1 Å². The lowest BCUT2D eigenvalue weighted by Crippen LogP contribution is -2.52. The van der Waals surface area contributed by atoms with Gasteiger partial charge < -0.3 is 20.0 Å². The van der Waals surface area contributed by atoms with E-state index in [2.05, 4.69) is 22.0 Å². The molecule has 2 amide bonds. The summed E-state index contributed by atoms with van der Waals surface area (Å²) in [6, 6.07) is 7.98. The first kappa shape index (κ1) is 20.3. The first-order valence-electron chi connectivity index (χ1n) is 10.4. The summed E-state index contributed by atoms with van der Waals surface area (Å²) in [5.41, 5.74) is 1.06. The van der Waals surface area contributed by atoms with Crippen molar-refractivity contribution in [2.24, 2.45) is 5.92 Å². The highest BCUT2D eigenvalue weighted by atomic mass is 35.5. The zero-order chi connectivity index (χ0) is 19.1. The molecule has 0 unspecified atom stereocenters. The smallest absolute Gasteiger partial charge is 0.317 e. The number of piperidine rings is 1. The summed E-state index contributed by atoms with van der Waals surface area (Å²) < 4.78 is 0. The fraction of sp³-hybridized carbons (Fsp3) is 0.667. The van der Waals surface area contributed by atoms with Gasteiger partial charge in [-0.3, -0.25) is 0 Å². The van der Waals surface area contributed by atoms with Gasteiger partial charge in [0.15, 0.2) is 0 Å². The van der Waals surface area contributed by atoms with Gasteiger partial charge >= 0.3 is 6.03 Å². The van der Waals surface area contributed by atoms with Crippen LogP contribution >= 0.6 is 11.6 Å². The minimum atomic E-state index is 0.0700. The van der Waals surface area contributed by atoms with E-state index in [1.54, 1.807) is 0 Å². The lowest BCUT2D eigenvalue weighted by atomic mass is 9.99. The Balaban J connectivity index is 1.29. The molecule has 0 radical (unpaired) electrons. The molecule has 27 heavy (non-hydrogen) atoms. The van der Waals surface area contributed by atoms with Crippen LogP contribution in [0, 0.1) is 5.92 Å². The molecule has 3 rings (SSSR count). The molecule has 5 nitrogen and oxygen atoms in total. The number of urea groups is 1. The molecule has 0 bridgehead atoms. The van der Waals surface area contributed by atoms with E-state index < -0.39 is 0 Å². The van der Waals surface area contributed by atoms with Gasteiger partial charge in [0.05, 0.1) is 10.7 Å². The number of benzene rings is 1.